The normalized spacial score (nSPS) is 9.93. The molecular weight excluding hydrogens is 260 g/mol. The van der Waals surface area contributed by atoms with Crippen molar-refractivity contribution in [3.63, 3.8) is 0 Å². The van der Waals surface area contributed by atoms with Crippen LogP contribution < -0.4 is 16.4 Å². The van der Waals surface area contributed by atoms with Gasteiger partial charge in [-0.25, -0.2) is 4.79 Å². The Kier molecular flexibility index (Phi) is 5.06. The fraction of sp³-hybridized carbons (Fsp3) is 0.333. The number of nitrogens with zero attached hydrogens (tertiary/aromatic N) is 1. The van der Waals surface area contributed by atoms with E-state index in [2.05, 4.69) is 31.5 Å². The second-order valence-electron chi connectivity index (χ2n) is 2.98. The number of urea groups is 1. The lowest BCUT2D eigenvalue weighted by Crippen LogP contribution is -2.35. The molecule has 0 saturated carbocycles. The molecule has 0 saturated heterocycles. The summed E-state index contributed by atoms with van der Waals surface area (Å²) in [6, 6.07) is 1.49. The van der Waals surface area contributed by atoms with Crippen molar-refractivity contribution in [3.05, 3.63) is 28.5 Å². The first kappa shape index (κ1) is 11.9. The van der Waals surface area contributed by atoms with Crippen LogP contribution in [-0.4, -0.2) is 24.1 Å². The lowest BCUT2D eigenvalue weighted by atomic mass is 10.3. The molecule has 5 nitrogen and oxygen atoms in total. The van der Waals surface area contributed by atoms with Crippen LogP contribution in [0.5, 0.6) is 0 Å². The van der Waals surface area contributed by atoms with Crippen LogP contribution >= 0.6 is 15.9 Å². The van der Waals surface area contributed by atoms with Gasteiger partial charge in [0.15, 0.2) is 0 Å². The van der Waals surface area contributed by atoms with Crippen molar-refractivity contribution in [2.75, 3.05) is 13.1 Å². The number of hydrogen-bond donors (Lipinski definition) is 3. The number of carbonyl (C=O) groups excluding carboxylic acids is 1. The summed E-state index contributed by atoms with van der Waals surface area (Å²) in [6.07, 6.45) is 3.53. The number of rotatable bonds is 5. The summed E-state index contributed by atoms with van der Waals surface area (Å²) >= 11 is 3.34. The zero-order chi connectivity index (χ0) is 11.1. The van der Waals surface area contributed by atoms with E-state index in [1.54, 1.807) is 12.4 Å². The van der Waals surface area contributed by atoms with Crippen LogP contribution in [0.15, 0.2) is 22.9 Å². The number of aromatic nitrogens is 1. The standard InChI is InChI=1S/C9H13BrN4O/c10-8-3-7(5-13-6-8)4-12-1-2-14-9(11)15/h3,5-6,12H,1-2,4H2,(H3,11,14,15). The summed E-state index contributed by atoms with van der Waals surface area (Å²) in [5.74, 6) is 0. The van der Waals surface area contributed by atoms with E-state index in [0.29, 0.717) is 19.6 Å². The van der Waals surface area contributed by atoms with Gasteiger partial charge in [0, 0.05) is 36.5 Å². The van der Waals surface area contributed by atoms with Gasteiger partial charge in [-0.1, -0.05) is 0 Å². The van der Waals surface area contributed by atoms with Gasteiger partial charge in [0.05, 0.1) is 0 Å². The molecular formula is C9H13BrN4O. The van der Waals surface area contributed by atoms with Crippen LogP contribution in [-0.2, 0) is 6.54 Å². The van der Waals surface area contributed by atoms with Gasteiger partial charge in [-0.05, 0) is 27.6 Å². The summed E-state index contributed by atoms with van der Waals surface area (Å²) < 4.78 is 0.956. The van der Waals surface area contributed by atoms with Crippen molar-refractivity contribution in [1.29, 1.82) is 0 Å². The molecule has 0 bridgehead atoms. The Bertz CT molecular complexity index is 332. The van der Waals surface area contributed by atoms with Crippen molar-refractivity contribution < 1.29 is 4.79 Å². The third kappa shape index (κ3) is 5.34. The van der Waals surface area contributed by atoms with Gasteiger partial charge in [0.25, 0.3) is 0 Å². The minimum atomic E-state index is -0.499. The van der Waals surface area contributed by atoms with Crippen LogP contribution in [0, 0.1) is 0 Å². The third-order valence-electron chi connectivity index (χ3n) is 1.69. The first-order valence-corrected chi connectivity index (χ1v) is 5.31. The third-order valence-corrected chi connectivity index (χ3v) is 2.13. The number of halogens is 1. The summed E-state index contributed by atoms with van der Waals surface area (Å²) in [4.78, 5) is 14.4. The van der Waals surface area contributed by atoms with Crippen LogP contribution in [0.2, 0.25) is 0 Å². The molecule has 15 heavy (non-hydrogen) atoms. The van der Waals surface area contributed by atoms with Crippen molar-refractivity contribution >= 4 is 22.0 Å². The smallest absolute Gasteiger partial charge is 0.312 e. The van der Waals surface area contributed by atoms with E-state index in [9.17, 15) is 4.79 Å². The molecule has 0 radical (unpaired) electrons. The second kappa shape index (κ2) is 6.36. The largest absolute Gasteiger partial charge is 0.352 e. The molecule has 0 spiro atoms. The second-order valence-corrected chi connectivity index (χ2v) is 3.89. The molecule has 2 amide bonds. The summed E-state index contributed by atoms with van der Waals surface area (Å²) in [5.41, 5.74) is 6.00. The van der Waals surface area contributed by atoms with Crippen LogP contribution in [0.25, 0.3) is 0 Å². The number of amides is 2. The maximum atomic E-state index is 10.3. The van der Waals surface area contributed by atoms with Crippen LogP contribution in [0.1, 0.15) is 5.56 Å². The van der Waals surface area contributed by atoms with E-state index < -0.39 is 6.03 Å². The highest BCUT2D eigenvalue weighted by molar-refractivity contribution is 9.10. The van der Waals surface area contributed by atoms with Gasteiger partial charge in [-0.2, -0.15) is 0 Å². The fourth-order valence-corrected chi connectivity index (χ4v) is 1.47. The number of nitrogens with one attached hydrogen (secondary N) is 2. The Labute approximate surface area is 96.6 Å². The van der Waals surface area contributed by atoms with Gasteiger partial charge in [-0.3, -0.25) is 4.98 Å². The number of pyridine rings is 1. The average molecular weight is 273 g/mol. The first-order valence-electron chi connectivity index (χ1n) is 4.52. The minimum absolute atomic E-state index is 0.499. The van der Waals surface area contributed by atoms with Gasteiger partial charge in [0.1, 0.15) is 0 Å². The highest BCUT2D eigenvalue weighted by atomic mass is 79.9. The molecule has 0 fully saturated rings. The quantitative estimate of drug-likeness (QED) is 0.687. The molecule has 0 unspecified atom stereocenters. The maximum Gasteiger partial charge on any atom is 0.312 e. The molecule has 0 aliphatic heterocycles. The Morgan fingerprint density at radius 1 is 1.47 bits per heavy atom. The maximum absolute atomic E-state index is 10.3. The predicted molar refractivity (Wildman–Crippen MR) is 61.2 cm³/mol. The van der Waals surface area contributed by atoms with Gasteiger partial charge >= 0.3 is 6.03 Å². The number of hydrogen-bond acceptors (Lipinski definition) is 3. The highest BCUT2D eigenvalue weighted by Gasteiger charge is 1.95. The van der Waals surface area contributed by atoms with Crippen molar-refractivity contribution in [3.8, 4) is 0 Å². The number of carbonyl (C=O) groups is 1. The fourth-order valence-electron chi connectivity index (χ4n) is 1.06. The summed E-state index contributed by atoms with van der Waals surface area (Å²) in [6.45, 7) is 1.92. The van der Waals surface area contributed by atoms with E-state index in [1.807, 2.05) is 6.07 Å². The van der Waals surface area contributed by atoms with Crippen LogP contribution in [0.4, 0.5) is 4.79 Å². The molecule has 1 aromatic rings. The lowest BCUT2D eigenvalue weighted by Gasteiger charge is -2.05. The zero-order valence-corrected chi connectivity index (χ0v) is 9.75. The summed E-state index contributed by atoms with van der Waals surface area (Å²) in [7, 11) is 0. The van der Waals surface area contributed by atoms with Crippen molar-refractivity contribution in [2.24, 2.45) is 5.73 Å². The molecule has 0 aromatic carbocycles. The molecule has 0 atom stereocenters. The topological polar surface area (TPSA) is 80.0 Å². The minimum Gasteiger partial charge on any atom is -0.352 e. The molecule has 1 heterocycles. The SMILES string of the molecule is NC(=O)NCCNCc1cncc(Br)c1. The Morgan fingerprint density at radius 2 is 2.27 bits per heavy atom. The average Bonchev–Trinajstić information content (AvgIpc) is 2.17. The number of primary amides is 1. The highest BCUT2D eigenvalue weighted by Crippen LogP contribution is 2.08. The van der Waals surface area contributed by atoms with E-state index in [1.165, 1.54) is 0 Å². The predicted octanol–water partition coefficient (Wildman–Crippen LogP) is 0.602. The van der Waals surface area contributed by atoms with E-state index in [-0.39, 0.29) is 0 Å². The first-order chi connectivity index (χ1) is 7.18. The summed E-state index contributed by atoms with van der Waals surface area (Å²) in [5, 5.41) is 5.65. The molecule has 1 rings (SSSR count). The molecule has 6 heteroatoms. The number of nitrogens with two attached hydrogens (primary N) is 1. The molecule has 4 N–H and O–H groups in total. The molecule has 1 aromatic heterocycles. The van der Waals surface area contributed by atoms with E-state index in [4.69, 9.17) is 5.73 Å². The van der Waals surface area contributed by atoms with Crippen LogP contribution in [0.3, 0.4) is 0 Å². The van der Waals surface area contributed by atoms with E-state index >= 15 is 0 Å². The van der Waals surface area contributed by atoms with Gasteiger partial charge in [0.2, 0.25) is 0 Å². The van der Waals surface area contributed by atoms with Gasteiger partial charge < -0.3 is 16.4 Å². The van der Waals surface area contributed by atoms with Crippen molar-refractivity contribution in [1.82, 2.24) is 15.6 Å². The Morgan fingerprint density at radius 3 is 2.93 bits per heavy atom. The Hall–Kier alpha value is -1.14. The van der Waals surface area contributed by atoms with Crippen molar-refractivity contribution in [2.45, 2.75) is 6.54 Å². The Balaban J connectivity index is 2.17. The zero-order valence-electron chi connectivity index (χ0n) is 8.16. The monoisotopic (exact) mass is 272 g/mol. The molecule has 0 aliphatic carbocycles. The molecule has 0 aliphatic rings. The van der Waals surface area contributed by atoms with E-state index in [0.717, 1.165) is 10.0 Å². The molecule has 82 valence electrons. The lowest BCUT2D eigenvalue weighted by molar-refractivity contribution is 0.249. The van der Waals surface area contributed by atoms with Gasteiger partial charge in [-0.15, -0.1) is 0 Å².